The Bertz CT molecular complexity index is 994. The highest BCUT2D eigenvalue weighted by Crippen LogP contribution is 2.17. The second-order valence-electron chi connectivity index (χ2n) is 6.45. The summed E-state index contributed by atoms with van der Waals surface area (Å²) >= 11 is 0. The zero-order valence-corrected chi connectivity index (χ0v) is 16.4. The van der Waals surface area contributed by atoms with Gasteiger partial charge in [0.2, 0.25) is 0 Å². The van der Waals surface area contributed by atoms with Crippen LogP contribution in [0.2, 0.25) is 0 Å². The van der Waals surface area contributed by atoms with Crippen molar-refractivity contribution in [2.24, 2.45) is 0 Å². The molecule has 29 heavy (non-hydrogen) atoms. The van der Waals surface area contributed by atoms with Gasteiger partial charge in [-0.1, -0.05) is 36.4 Å². The Morgan fingerprint density at radius 2 is 1.79 bits per heavy atom. The average molecular weight is 394 g/mol. The number of carbonyl (C=O) groups excluding carboxylic acids is 1. The van der Waals surface area contributed by atoms with Crippen molar-refractivity contribution in [3.05, 3.63) is 83.1 Å². The summed E-state index contributed by atoms with van der Waals surface area (Å²) in [6, 6.07) is 15.8. The zero-order chi connectivity index (χ0) is 20.6. The summed E-state index contributed by atoms with van der Waals surface area (Å²) in [5, 5.41) is 5.91. The molecule has 0 aliphatic heterocycles. The lowest BCUT2D eigenvalue weighted by molar-refractivity contribution is 0.0948. The molecule has 6 nitrogen and oxygen atoms in total. The van der Waals surface area contributed by atoms with Crippen molar-refractivity contribution >= 4 is 11.7 Å². The highest BCUT2D eigenvalue weighted by atomic mass is 19.1. The van der Waals surface area contributed by atoms with Crippen LogP contribution in [0.15, 0.2) is 54.6 Å². The number of ether oxygens (including phenoxy) is 1. The monoisotopic (exact) mass is 394 g/mol. The minimum Gasteiger partial charge on any atom is -0.496 e. The minimum atomic E-state index is -0.292. The first-order valence-electron chi connectivity index (χ1n) is 9.30. The number of carbonyl (C=O) groups is 1. The summed E-state index contributed by atoms with van der Waals surface area (Å²) in [6.07, 6.45) is 0.637. The van der Waals surface area contributed by atoms with Crippen molar-refractivity contribution in [3.8, 4) is 5.75 Å². The van der Waals surface area contributed by atoms with Crippen LogP contribution in [0.4, 0.5) is 10.2 Å². The fraction of sp³-hybridized carbons (Fsp3) is 0.227. The molecular weight excluding hydrogens is 371 g/mol. The van der Waals surface area contributed by atoms with Gasteiger partial charge in [0.25, 0.3) is 5.91 Å². The molecule has 0 atom stereocenters. The Balaban J connectivity index is 1.61. The number of hydrogen-bond donors (Lipinski definition) is 2. The second-order valence-corrected chi connectivity index (χ2v) is 6.45. The minimum absolute atomic E-state index is 0.258. The molecule has 0 aliphatic rings. The number of anilines is 1. The van der Waals surface area contributed by atoms with Crippen LogP contribution in [-0.2, 0) is 13.0 Å². The highest BCUT2D eigenvalue weighted by molar-refractivity contribution is 5.92. The summed E-state index contributed by atoms with van der Waals surface area (Å²) < 4.78 is 19.1. The molecular formula is C22H23FN4O2. The van der Waals surface area contributed by atoms with E-state index < -0.39 is 0 Å². The lowest BCUT2D eigenvalue weighted by atomic mass is 10.1. The van der Waals surface area contributed by atoms with E-state index in [1.807, 2.05) is 24.3 Å². The fourth-order valence-electron chi connectivity index (χ4n) is 2.91. The molecule has 1 aromatic heterocycles. The lowest BCUT2D eigenvalue weighted by Gasteiger charge is -2.11. The molecule has 0 unspecified atom stereocenters. The first-order valence-corrected chi connectivity index (χ1v) is 9.30. The van der Waals surface area contributed by atoms with E-state index in [2.05, 4.69) is 20.6 Å². The third-order valence-corrected chi connectivity index (χ3v) is 4.36. The van der Waals surface area contributed by atoms with Crippen molar-refractivity contribution in [2.45, 2.75) is 19.9 Å². The quantitative estimate of drug-likeness (QED) is 0.611. The third-order valence-electron chi connectivity index (χ3n) is 4.36. The average Bonchev–Trinajstić information content (AvgIpc) is 2.73. The Morgan fingerprint density at radius 1 is 1.07 bits per heavy atom. The van der Waals surface area contributed by atoms with E-state index in [4.69, 9.17) is 4.74 Å². The number of aryl methyl sites for hydroxylation is 1. The number of nitrogens with one attached hydrogen (secondary N) is 2. The molecule has 2 aromatic carbocycles. The molecule has 0 spiro atoms. The molecule has 1 heterocycles. The summed E-state index contributed by atoms with van der Waals surface area (Å²) in [5.74, 6) is 1.13. The summed E-state index contributed by atoms with van der Waals surface area (Å²) in [7, 11) is 1.62. The molecule has 150 valence electrons. The molecule has 0 saturated carbocycles. The standard InChI is InChI=1S/C22H23FN4O2/c1-15-26-19(13-21(27-15)25-14-17-8-3-5-9-18(17)23)22(28)24-12-11-16-7-4-6-10-20(16)29-2/h3-10,13H,11-12,14H2,1-2H3,(H,24,28)(H,25,26,27). The number of methoxy groups -OCH3 is 1. The van der Waals surface area contributed by atoms with Crippen molar-refractivity contribution in [2.75, 3.05) is 19.0 Å². The normalized spacial score (nSPS) is 10.4. The second kappa shape index (κ2) is 9.64. The van der Waals surface area contributed by atoms with Crippen molar-refractivity contribution in [3.63, 3.8) is 0 Å². The zero-order valence-electron chi connectivity index (χ0n) is 16.4. The predicted molar refractivity (Wildman–Crippen MR) is 110 cm³/mol. The summed E-state index contributed by atoms with van der Waals surface area (Å²) in [4.78, 5) is 21.0. The van der Waals surface area contributed by atoms with Gasteiger partial charge in [-0.05, 0) is 31.0 Å². The Hall–Kier alpha value is -3.48. The lowest BCUT2D eigenvalue weighted by Crippen LogP contribution is -2.27. The number of rotatable bonds is 8. The fourth-order valence-corrected chi connectivity index (χ4v) is 2.91. The molecule has 3 aromatic rings. The number of benzene rings is 2. The maximum absolute atomic E-state index is 13.8. The van der Waals surface area contributed by atoms with Gasteiger partial charge >= 0.3 is 0 Å². The topological polar surface area (TPSA) is 76.1 Å². The van der Waals surface area contributed by atoms with Gasteiger partial charge in [0.05, 0.1) is 7.11 Å². The van der Waals surface area contributed by atoms with Crippen LogP contribution in [0.3, 0.4) is 0 Å². The van der Waals surface area contributed by atoms with Crippen molar-refractivity contribution < 1.29 is 13.9 Å². The van der Waals surface area contributed by atoms with Crippen LogP contribution in [-0.4, -0.2) is 29.5 Å². The summed E-state index contributed by atoms with van der Waals surface area (Å²) in [5.41, 5.74) is 1.79. The van der Waals surface area contributed by atoms with Crippen molar-refractivity contribution in [1.29, 1.82) is 0 Å². The largest absolute Gasteiger partial charge is 0.496 e. The maximum atomic E-state index is 13.8. The molecule has 0 fully saturated rings. The van der Waals surface area contributed by atoms with Gasteiger partial charge < -0.3 is 15.4 Å². The van der Waals surface area contributed by atoms with E-state index in [1.165, 1.54) is 6.07 Å². The third kappa shape index (κ3) is 5.51. The van der Waals surface area contributed by atoms with Crippen LogP contribution in [0.25, 0.3) is 0 Å². The highest BCUT2D eigenvalue weighted by Gasteiger charge is 2.11. The molecule has 1 amide bonds. The van der Waals surface area contributed by atoms with Gasteiger partial charge in [0.1, 0.15) is 28.9 Å². The van der Waals surface area contributed by atoms with Gasteiger partial charge in [-0.3, -0.25) is 4.79 Å². The van der Waals surface area contributed by atoms with Crippen LogP contribution < -0.4 is 15.4 Å². The van der Waals surface area contributed by atoms with Crippen molar-refractivity contribution in [1.82, 2.24) is 15.3 Å². The maximum Gasteiger partial charge on any atom is 0.270 e. The van der Waals surface area contributed by atoms with Gasteiger partial charge in [0.15, 0.2) is 0 Å². The number of para-hydroxylation sites is 1. The number of nitrogens with zero attached hydrogens (tertiary/aromatic N) is 2. The van der Waals surface area contributed by atoms with Gasteiger partial charge in [-0.25, -0.2) is 14.4 Å². The predicted octanol–water partition coefficient (Wildman–Crippen LogP) is 3.52. The Kier molecular flexibility index (Phi) is 6.73. The van der Waals surface area contributed by atoms with E-state index >= 15 is 0 Å². The van der Waals surface area contributed by atoms with Gasteiger partial charge in [-0.15, -0.1) is 0 Å². The molecule has 2 N–H and O–H groups in total. The van der Waals surface area contributed by atoms with E-state index in [0.29, 0.717) is 30.2 Å². The first-order chi connectivity index (χ1) is 14.1. The Morgan fingerprint density at radius 3 is 2.55 bits per heavy atom. The number of hydrogen-bond acceptors (Lipinski definition) is 5. The molecule has 0 saturated heterocycles. The molecule has 0 aliphatic carbocycles. The van der Waals surface area contributed by atoms with Crippen LogP contribution >= 0.6 is 0 Å². The van der Waals surface area contributed by atoms with Crippen LogP contribution in [0.1, 0.15) is 27.4 Å². The molecule has 7 heteroatoms. The Labute approximate surface area is 169 Å². The smallest absolute Gasteiger partial charge is 0.270 e. The molecule has 0 radical (unpaired) electrons. The molecule has 0 bridgehead atoms. The van der Waals surface area contributed by atoms with Crippen LogP contribution in [0.5, 0.6) is 5.75 Å². The van der Waals surface area contributed by atoms with E-state index in [-0.39, 0.29) is 24.0 Å². The van der Waals surface area contributed by atoms with Gasteiger partial charge in [-0.2, -0.15) is 0 Å². The number of halogens is 1. The SMILES string of the molecule is COc1ccccc1CCNC(=O)c1cc(NCc2ccccc2F)nc(C)n1. The van der Waals surface area contributed by atoms with E-state index in [9.17, 15) is 9.18 Å². The summed E-state index contributed by atoms with van der Waals surface area (Å²) in [6.45, 7) is 2.41. The molecule has 3 rings (SSSR count). The number of aromatic nitrogens is 2. The van der Waals surface area contributed by atoms with Gasteiger partial charge in [0, 0.05) is 24.7 Å². The number of amides is 1. The van der Waals surface area contributed by atoms with Crippen LogP contribution in [0, 0.1) is 12.7 Å². The first kappa shape index (κ1) is 20.3. The van der Waals surface area contributed by atoms with E-state index in [0.717, 1.165) is 11.3 Å². The van der Waals surface area contributed by atoms with E-state index in [1.54, 1.807) is 38.3 Å².